The standard InChI is InChI=1S/C19H21N3O3S/c1-21(15-16-8-4-3-5-9-16)19(23)12-13-22(26(2,24)25)18-11-7-6-10-17(18)14-20/h3-11H,12-13,15H2,1-2H3. The van der Waals surface area contributed by atoms with Gasteiger partial charge < -0.3 is 4.90 Å². The van der Waals surface area contributed by atoms with E-state index in [1.54, 1.807) is 36.2 Å². The second kappa shape index (κ2) is 8.50. The van der Waals surface area contributed by atoms with E-state index in [-0.39, 0.29) is 30.1 Å². The van der Waals surface area contributed by atoms with Crippen molar-refractivity contribution < 1.29 is 13.2 Å². The number of rotatable bonds is 7. The Hall–Kier alpha value is -2.85. The van der Waals surface area contributed by atoms with Gasteiger partial charge in [0.25, 0.3) is 0 Å². The predicted octanol–water partition coefficient (Wildman–Crippen LogP) is 2.37. The van der Waals surface area contributed by atoms with Crippen molar-refractivity contribution in [1.82, 2.24) is 4.90 Å². The van der Waals surface area contributed by atoms with E-state index in [4.69, 9.17) is 0 Å². The van der Waals surface area contributed by atoms with Crippen LogP contribution in [0.15, 0.2) is 54.6 Å². The van der Waals surface area contributed by atoms with Crippen LogP contribution in [0.1, 0.15) is 17.5 Å². The van der Waals surface area contributed by atoms with Gasteiger partial charge in [0, 0.05) is 26.6 Å². The number of amides is 1. The fraction of sp³-hybridized carbons (Fsp3) is 0.263. The molecule has 0 spiro atoms. The molecule has 7 heteroatoms. The van der Waals surface area contributed by atoms with E-state index in [1.807, 2.05) is 36.4 Å². The zero-order chi connectivity index (χ0) is 19.2. The number of hydrogen-bond acceptors (Lipinski definition) is 4. The topological polar surface area (TPSA) is 81.5 Å². The van der Waals surface area contributed by atoms with Crippen LogP contribution in [-0.2, 0) is 21.4 Å². The van der Waals surface area contributed by atoms with Crippen LogP contribution < -0.4 is 4.31 Å². The summed E-state index contributed by atoms with van der Waals surface area (Å²) in [6.45, 7) is 0.433. The summed E-state index contributed by atoms with van der Waals surface area (Å²) in [7, 11) is -1.94. The molecule has 0 unspecified atom stereocenters. The number of anilines is 1. The second-order valence-corrected chi connectivity index (χ2v) is 7.86. The van der Waals surface area contributed by atoms with Gasteiger partial charge in [-0.2, -0.15) is 5.26 Å². The lowest BCUT2D eigenvalue weighted by atomic mass is 10.2. The number of nitrogens with zero attached hydrogens (tertiary/aromatic N) is 3. The lowest BCUT2D eigenvalue weighted by Crippen LogP contribution is -2.35. The van der Waals surface area contributed by atoms with Gasteiger partial charge in [0.15, 0.2) is 0 Å². The monoisotopic (exact) mass is 371 g/mol. The third kappa shape index (κ3) is 5.07. The fourth-order valence-electron chi connectivity index (χ4n) is 2.58. The minimum atomic E-state index is -3.62. The molecular weight excluding hydrogens is 350 g/mol. The first-order chi connectivity index (χ1) is 12.3. The van der Waals surface area contributed by atoms with Crippen LogP contribution in [0, 0.1) is 11.3 Å². The smallest absolute Gasteiger partial charge is 0.232 e. The zero-order valence-electron chi connectivity index (χ0n) is 14.8. The molecule has 6 nitrogen and oxygen atoms in total. The third-order valence-corrected chi connectivity index (χ3v) is 5.09. The van der Waals surface area contributed by atoms with Gasteiger partial charge in [-0.25, -0.2) is 8.42 Å². The number of carbonyl (C=O) groups is 1. The predicted molar refractivity (Wildman–Crippen MR) is 101 cm³/mol. The number of nitriles is 1. The molecule has 0 aliphatic carbocycles. The Balaban J connectivity index is 2.10. The Kier molecular flexibility index (Phi) is 6.36. The summed E-state index contributed by atoms with van der Waals surface area (Å²) in [6.07, 6.45) is 1.09. The van der Waals surface area contributed by atoms with Gasteiger partial charge in [-0.05, 0) is 17.7 Å². The SMILES string of the molecule is CN(Cc1ccccc1)C(=O)CCN(c1ccccc1C#N)S(C)(=O)=O. The molecule has 0 aliphatic heterocycles. The molecule has 136 valence electrons. The van der Waals surface area contributed by atoms with Crippen molar-refractivity contribution in [2.45, 2.75) is 13.0 Å². The van der Waals surface area contributed by atoms with Crippen LogP contribution >= 0.6 is 0 Å². The summed E-state index contributed by atoms with van der Waals surface area (Å²) in [5.41, 5.74) is 1.54. The van der Waals surface area contributed by atoms with E-state index >= 15 is 0 Å². The molecule has 0 bridgehead atoms. The van der Waals surface area contributed by atoms with Crippen molar-refractivity contribution in [2.24, 2.45) is 0 Å². The minimum absolute atomic E-state index is 0.0184. The molecule has 0 heterocycles. The van der Waals surface area contributed by atoms with Gasteiger partial charge in [-0.1, -0.05) is 42.5 Å². The van der Waals surface area contributed by atoms with Crippen LogP contribution in [0.25, 0.3) is 0 Å². The van der Waals surface area contributed by atoms with E-state index in [1.165, 1.54) is 0 Å². The summed E-state index contributed by atoms with van der Waals surface area (Å²) in [5, 5.41) is 9.22. The number of hydrogen-bond donors (Lipinski definition) is 0. The van der Waals surface area contributed by atoms with Crippen LogP contribution in [0.3, 0.4) is 0 Å². The second-order valence-electron chi connectivity index (χ2n) is 5.95. The molecule has 2 rings (SSSR count). The molecule has 26 heavy (non-hydrogen) atoms. The van der Waals surface area contributed by atoms with Crippen molar-refractivity contribution in [1.29, 1.82) is 5.26 Å². The van der Waals surface area contributed by atoms with Crippen molar-refractivity contribution in [2.75, 3.05) is 24.2 Å². The first kappa shape index (κ1) is 19.5. The van der Waals surface area contributed by atoms with Crippen molar-refractivity contribution in [3.8, 4) is 6.07 Å². The van der Waals surface area contributed by atoms with Gasteiger partial charge in [-0.3, -0.25) is 9.10 Å². The average molecular weight is 371 g/mol. The maximum atomic E-state index is 12.4. The van der Waals surface area contributed by atoms with Crippen LogP contribution in [0.2, 0.25) is 0 Å². The van der Waals surface area contributed by atoms with E-state index in [0.717, 1.165) is 16.1 Å². The van der Waals surface area contributed by atoms with Crippen molar-refractivity contribution in [3.05, 3.63) is 65.7 Å². The summed E-state index contributed by atoms with van der Waals surface area (Å²) in [4.78, 5) is 14.0. The maximum absolute atomic E-state index is 12.4. The van der Waals surface area contributed by atoms with Gasteiger partial charge in [0.2, 0.25) is 15.9 Å². The molecule has 0 aliphatic rings. The van der Waals surface area contributed by atoms with E-state index in [0.29, 0.717) is 6.54 Å². The first-order valence-electron chi connectivity index (χ1n) is 8.07. The number of carbonyl (C=O) groups excluding carboxylic acids is 1. The molecule has 0 N–H and O–H groups in total. The van der Waals surface area contributed by atoms with E-state index < -0.39 is 10.0 Å². The highest BCUT2D eigenvalue weighted by Gasteiger charge is 2.22. The van der Waals surface area contributed by atoms with E-state index in [9.17, 15) is 18.5 Å². The number of para-hydroxylation sites is 1. The third-order valence-electron chi connectivity index (χ3n) is 3.91. The Bertz CT molecular complexity index is 905. The highest BCUT2D eigenvalue weighted by atomic mass is 32.2. The Labute approximate surface area is 154 Å². The summed E-state index contributed by atoms with van der Waals surface area (Å²) >= 11 is 0. The van der Waals surface area contributed by atoms with Crippen molar-refractivity contribution in [3.63, 3.8) is 0 Å². The zero-order valence-corrected chi connectivity index (χ0v) is 15.6. The van der Waals surface area contributed by atoms with Gasteiger partial charge in [0.1, 0.15) is 6.07 Å². The molecule has 0 atom stereocenters. The average Bonchev–Trinajstić information content (AvgIpc) is 2.61. The van der Waals surface area contributed by atoms with Gasteiger partial charge in [-0.15, -0.1) is 0 Å². The summed E-state index contributed by atoms with van der Waals surface area (Å²) in [5.74, 6) is -0.169. The normalized spacial score (nSPS) is 10.8. The highest BCUT2D eigenvalue weighted by Crippen LogP contribution is 2.22. The number of sulfonamides is 1. The number of benzene rings is 2. The largest absolute Gasteiger partial charge is 0.341 e. The Morgan fingerprint density at radius 3 is 2.31 bits per heavy atom. The highest BCUT2D eigenvalue weighted by molar-refractivity contribution is 7.92. The van der Waals surface area contributed by atoms with Crippen LogP contribution in [0.4, 0.5) is 5.69 Å². The van der Waals surface area contributed by atoms with Gasteiger partial charge in [0.05, 0.1) is 17.5 Å². The van der Waals surface area contributed by atoms with Crippen LogP contribution in [0.5, 0.6) is 0 Å². The molecule has 1 amide bonds. The van der Waals surface area contributed by atoms with E-state index in [2.05, 4.69) is 0 Å². The molecule has 0 fully saturated rings. The van der Waals surface area contributed by atoms with Crippen LogP contribution in [-0.4, -0.2) is 39.1 Å². The molecule has 0 saturated heterocycles. The summed E-state index contributed by atoms with van der Waals surface area (Å²) in [6, 6.07) is 18.0. The molecule has 2 aromatic carbocycles. The van der Waals surface area contributed by atoms with Crippen molar-refractivity contribution >= 4 is 21.6 Å². The molecule has 0 aromatic heterocycles. The quantitative estimate of drug-likeness (QED) is 0.748. The molecule has 2 aromatic rings. The maximum Gasteiger partial charge on any atom is 0.232 e. The Morgan fingerprint density at radius 1 is 1.08 bits per heavy atom. The summed E-state index contributed by atoms with van der Waals surface area (Å²) < 4.78 is 25.4. The first-order valence-corrected chi connectivity index (χ1v) is 9.92. The Morgan fingerprint density at radius 2 is 1.69 bits per heavy atom. The fourth-order valence-corrected chi connectivity index (χ4v) is 3.52. The molecule has 0 saturated carbocycles. The van der Waals surface area contributed by atoms with Gasteiger partial charge >= 0.3 is 0 Å². The lowest BCUT2D eigenvalue weighted by molar-refractivity contribution is -0.130. The molecular formula is C19H21N3O3S. The lowest BCUT2D eigenvalue weighted by Gasteiger charge is -2.24. The minimum Gasteiger partial charge on any atom is -0.341 e. The molecule has 0 radical (unpaired) electrons.